The van der Waals surface area contributed by atoms with Gasteiger partial charge in [-0.1, -0.05) is 0 Å². The highest BCUT2D eigenvalue weighted by Gasteiger charge is 2.25. The fourth-order valence-corrected chi connectivity index (χ4v) is 2.35. The molecule has 146 valence electrons. The van der Waals surface area contributed by atoms with Gasteiger partial charge < -0.3 is 29.4 Å². The summed E-state index contributed by atoms with van der Waals surface area (Å²) in [4.78, 5) is 22.0. The molecule has 0 radical (unpaired) electrons. The van der Waals surface area contributed by atoms with Crippen molar-refractivity contribution in [2.24, 2.45) is 0 Å². The van der Waals surface area contributed by atoms with Gasteiger partial charge in [0.1, 0.15) is 7.19 Å². The fourth-order valence-electron chi connectivity index (χ4n) is 2.35. The van der Waals surface area contributed by atoms with E-state index in [2.05, 4.69) is 9.97 Å². The van der Waals surface area contributed by atoms with E-state index in [9.17, 15) is 4.79 Å². The molecule has 9 heteroatoms. The third-order valence-corrected chi connectivity index (χ3v) is 3.66. The number of rotatable bonds is 5. The largest absolute Gasteiger partial charge is 0.493 e. The standard InChI is InChI=1S/C19H21N5O4/c1-26-15-10-12-13(11-16(15)27-2)21-19(22-17(12)20)24-7-5-23(6-8-24)18(25)14-4-3-9-28-14/h3-4,9-11H,5-8H2,1-2H3,(H2,20,21,22)/i1D3,2D3,3D,4D,5D2,6D2,9D,10D,11D/hD2. The van der Waals surface area contributed by atoms with Crippen molar-refractivity contribution >= 4 is 28.6 Å². The second-order valence-corrected chi connectivity index (χ2v) is 5.28. The molecule has 3 aromatic rings. The highest BCUT2D eigenvalue weighted by molar-refractivity contribution is 5.92. The van der Waals surface area contributed by atoms with Gasteiger partial charge in [0.2, 0.25) is 5.95 Å². The molecule has 0 atom stereocenters. The molecule has 28 heavy (non-hydrogen) atoms. The monoisotopic (exact) mass is 400 g/mol. The summed E-state index contributed by atoms with van der Waals surface area (Å²) in [6.45, 7) is -7.71. The number of aromatic nitrogens is 2. The second kappa shape index (κ2) is 7.26. The number of piperazine rings is 1. The molecule has 1 saturated heterocycles. The van der Waals surface area contributed by atoms with Gasteiger partial charge >= 0.3 is 0 Å². The first-order valence-corrected chi connectivity index (χ1v) is 7.53. The first kappa shape index (κ1) is 6.84. The van der Waals surface area contributed by atoms with Gasteiger partial charge in [0, 0.05) is 37.5 Å². The Morgan fingerprint density at radius 3 is 2.79 bits per heavy atom. The molecule has 0 unspecified atom stereocenters. The van der Waals surface area contributed by atoms with Crippen LogP contribution in [0.3, 0.4) is 0 Å². The Kier molecular flexibility index (Phi) is 1.77. The minimum absolute atomic E-state index is 0.105. The summed E-state index contributed by atoms with van der Waals surface area (Å²) in [6.07, 6.45) is -0.871. The summed E-state index contributed by atoms with van der Waals surface area (Å²) in [5, 5.41) is -0.635. The van der Waals surface area contributed by atoms with Crippen LogP contribution in [0.1, 0.15) is 31.1 Å². The molecule has 0 spiro atoms. The van der Waals surface area contributed by atoms with Crippen LogP contribution in [-0.4, -0.2) is 60.9 Å². The van der Waals surface area contributed by atoms with Crippen molar-refractivity contribution in [2.75, 3.05) is 50.8 Å². The highest BCUT2D eigenvalue weighted by atomic mass is 16.5. The number of anilines is 2. The zero-order valence-corrected chi connectivity index (χ0v) is 13.8. The lowest BCUT2D eigenvalue weighted by Gasteiger charge is -2.34. The lowest BCUT2D eigenvalue weighted by Crippen LogP contribution is -2.49. The maximum atomic E-state index is 13.1. The van der Waals surface area contributed by atoms with Gasteiger partial charge in [-0.2, -0.15) is 4.98 Å². The maximum absolute atomic E-state index is 13.1. The van der Waals surface area contributed by atoms with Crippen molar-refractivity contribution in [3.05, 3.63) is 36.2 Å². The molecule has 1 aromatic carbocycles. The topological polar surface area (TPSA) is 107 Å². The summed E-state index contributed by atoms with van der Waals surface area (Å²) in [5.41, 5.74) is -0.845. The molecule has 0 aliphatic carbocycles. The minimum atomic E-state index is -3.29. The first-order valence-electron chi connectivity index (χ1n) is 15.9. The number of carbonyl (C=O) groups is 1. The van der Waals surface area contributed by atoms with E-state index in [4.69, 9.17) is 37.3 Å². The van der Waals surface area contributed by atoms with Gasteiger partial charge in [0.05, 0.1) is 45.0 Å². The summed E-state index contributed by atoms with van der Waals surface area (Å²) in [6, 6.07) is -3.60. The predicted molar refractivity (Wildman–Crippen MR) is 104 cm³/mol. The van der Waals surface area contributed by atoms with Gasteiger partial charge in [0.15, 0.2) is 20.1 Å². The van der Waals surface area contributed by atoms with Gasteiger partial charge in [-0.3, -0.25) is 4.79 Å². The number of carbonyl (C=O) groups excluding carboxylic acids is 1. The zero-order valence-electron chi connectivity index (χ0n) is 30.8. The highest BCUT2D eigenvalue weighted by Crippen LogP contribution is 2.34. The van der Waals surface area contributed by atoms with Crippen molar-refractivity contribution < 1.29 is 42.1 Å². The van der Waals surface area contributed by atoms with Gasteiger partial charge in [-0.05, 0) is 18.1 Å². The van der Waals surface area contributed by atoms with Crippen LogP contribution in [0.4, 0.5) is 11.8 Å². The van der Waals surface area contributed by atoms with Crippen LogP contribution in [0.2, 0.25) is 2.82 Å². The molecule has 1 amide bonds. The second-order valence-electron chi connectivity index (χ2n) is 5.28. The number of nitrogens with zero attached hydrogens (tertiary/aromatic N) is 4. The van der Waals surface area contributed by atoms with E-state index in [1.54, 1.807) is 0 Å². The van der Waals surface area contributed by atoms with Crippen molar-refractivity contribution in [3.8, 4) is 11.5 Å². The summed E-state index contributed by atoms with van der Waals surface area (Å²) in [7, 11) is -6.57. The average Bonchev–Trinajstić information content (AvgIpc) is 3.12. The molecule has 9 nitrogen and oxygen atoms in total. The van der Waals surface area contributed by atoms with E-state index in [0.29, 0.717) is 0 Å². The van der Waals surface area contributed by atoms with Crippen molar-refractivity contribution in [1.29, 1.82) is 0 Å². The number of amides is 1. The number of nitrogens with two attached hydrogens (primary N) is 1. The molecule has 2 aromatic heterocycles. The van der Waals surface area contributed by atoms with Crippen LogP contribution in [0.5, 0.6) is 11.5 Å². The molecule has 3 heterocycles. The maximum Gasteiger partial charge on any atom is 0.289 e. The molecular formula is C19H21N5O4. The van der Waals surface area contributed by atoms with Crippen molar-refractivity contribution in [3.63, 3.8) is 0 Å². The average molecular weight is 401 g/mol. The van der Waals surface area contributed by atoms with E-state index in [1.165, 1.54) is 0 Å². The number of benzene rings is 1. The SMILES string of the molecule is [2H]c1oc(C(=O)N2C([2H])([2H])CN(c3nc(N([2H])[2H])c4c([2H])c(OC([2H])([2H])[2H])c(OC([2H])([2H])[2H])c([2H])c4n3)CC2([2H])[2H])c([2H])c1[2H]. The molecule has 1 aliphatic rings. The normalized spacial score (nSPS) is 27.5. The Morgan fingerprint density at radius 1 is 1.32 bits per heavy atom. The molecule has 0 saturated carbocycles. The Bertz CT molecular complexity index is 1650. The van der Waals surface area contributed by atoms with Crippen molar-refractivity contribution in [2.45, 2.75) is 0 Å². The quantitative estimate of drug-likeness (QED) is 0.691. The van der Waals surface area contributed by atoms with Gasteiger partial charge in [0.25, 0.3) is 5.91 Å². The number of ether oxygens (including phenoxy) is 2. The smallest absolute Gasteiger partial charge is 0.289 e. The minimum Gasteiger partial charge on any atom is -0.493 e. The van der Waals surface area contributed by atoms with Crippen LogP contribution < -0.4 is 20.1 Å². The first-order chi connectivity index (χ1) is 20.4. The summed E-state index contributed by atoms with van der Waals surface area (Å²) >= 11 is 0. The fraction of sp³-hybridized carbons (Fsp3) is 0.316. The number of methoxy groups -OCH3 is 2. The molecular weight excluding hydrogens is 362 g/mol. The van der Waals surface area contributed by atoms with E-state index in [0.717, 1.165) is 4.90 Å². The zero-order chi connectivity index (χ0) is 34.2. The van der Waals surface area contributed by atoms with Gasteiger partial charge in [-0.25, -0.2) is 4.98 Å². The Hall–Kier alpha value is -3.49. The number of hydrogen-bond acceptors (Lipinski definition) is 8. The van der Waals surface area contributed by atoms with E-state index in [1.807, 2.05) is 0 Å². The molecule has 4 rings (SSSR count). The third kappa shape index (κ3) is 3.15. The molecule has 1 fully saturated rings. The van der Waals surface area contributed by atoms with Crippen molar-refractivity contribution in [1.82, 2.24) is 14.9 Å². The number of furan rings is 1. The Morgan fingerprint density at radius 2 is 2.11 bits per heavy atom. The van der Waals surface area contributed by atoms with Gasteiger partial charge in [-0.15, -0.1) is 0 Å². The van der Waals surface area contributed by atoms with Crippen LogP contribution in [0.15, 0.2) is 34.8 Å². The lowest BCUT2D eigenvalue weighted by molar-refractivity contribution is 0.0714. The Balaban J connectivity index is 1.90. The molecule has 1 aliphatic heterocycles. The van der Waals surface area contributed by atoms with E-state index < -0.39 is 116 Å². The van der Waals surface area contributed by atoms with Crippen LogP contribution >= 0.6 is 0 Å². The van der Waals surface area contributed by atoms with Crippen LogP contribution in [-0.2, 0) is 0 Å². The lowest BCUT2D eigenvalue weighted by atomic mass is 10.2. The van der Waals surface area contributed by atoms with E-state index >= 15 is 0 Å². The van der Waals surface area contributed by atoms with Crippen LogP contribution in [0.25, 0.3) is 10.9 Å². The number of nitrogen functional groups attached to an aromatic ring is 1. The molecule has 0 bridgehead atoms. The van der Waals surface area contributed by atoms with E-state index in [-0.39, 0.29) is 10.6 Å². The predicted octanol–water partition coefficient (Wildman–Crippen LogP) is 1.78. The number of hydrogen-bond donors (Lipinski definition) is 1. The summed E-state index contributed by atoms with van der Waals surface area (Å²) in [5.74, 6) is -6.00. The third-order valence-electron chi connectivity index (χ3n) is 3.66. The molecule has 2 N–H and O–H groups in total. The van der Waals surface area contributed by atoms with Crippen LogP contribution in [0, 0.1) is 0 Å². The summed E-state index contributed by atoms with van der Waals surface area (Å²) < 4.78 is 148. The number of fused-ring (bicyclic) bond motifs is 1. The Labute approximate surface area is 185 Å².